The molecule has 0 rings (SSSR count). The van der Waals surface area contributed by atoms with E-state index in [0.29, 0.717) is 13.0 Å². The minimum absolute atomic E-state index is 0.0862. The molecule has 0 aromatic rings. The summed E-state index contributed by atoms with van der Waals surface area (Å²) < 4.78 is 33.3. The summed E-state index contributed by atoms with van der Waals surface area (Å²) in [5.41, 5.74) is 5.35. The van der Waals surface area contributed by atoms with Gasteiger partial charge in [0.1, 0.15) is 6.10 Å². The van der Waals surface area contributed by atoms with Crippen LogP contribution in [0.15, 0.2) is 60.8 Å². The van der Waals surface area contributed by atoms with Crippen LogP contribution in [0.1, 0.15) is 155 Å². The van der Waals surface area contributed by atoms with E-state index in [-0.39, 0.29) is 32.3 Å². The number of ether oxygens (including phenoxy) is 2. The maximum absolute atomic E-state index is 12.5. The van der Waals surface area contributed by atoms with Gasteiger partial charge in [0.25, 0.3) is 0 Å². The number of unbranched alkanes of at least 4 members (excludes halogenated alkanes) is 14. The lowest BCUT2D eigenvalue weighted by Gasteiger charge is -2.20. The number of allylic oxidation sites excluding steroid dienone is 10. The van der Waals surface area contributed by atoms with Crippen LogP contribution in [0.2, 0.25) is 0 Å². The van der Waals surface area contributed by atoms with Crippen LogP contribution in [-0.2, 0) is 27.9 Å². The van der Waals surface area contributed by atoms with Gasteiger partial charge in [-0.3, -0.25) is 13.8 Å². The fraction of sp³-hybridized carbons (Fsp3) is 0.732. The summed E-state index contributed by atoms with van der Waals surface area (Å²) in [7, 11) is -4.28. The smallest absolute Gasteiger partial charge is 0.457 e. The Morgan fingerprint density at radius 2 is 1.12 bits per heavy atom. The molecule has 0 bridgehead atoms. The van der Waals surface area contributed by atoms with Crippen molar-refractivity contribution in [2.24, 2.45) is 5.73 Å². The molecule has 0 aromatic carbocycles. The van der Waals surface area contributed by atoms with Gasteiger partial charge >= 0.3 is 13.8 Å². The molecule has 0 amide bonds. The largest absolute Gasteiger partial charge is 0.472 e. The van der Waals surface area contributed by atoms with E-state index in [9.17, 15) is 14.3 Å². The zero-order valence-corrected chi connectivity index (χ0v) is 32.8. The average Bonchev–Trinajstić information content (AvgIpc) is 3.10. The van der Waals surface area contributed by atoms with E-state index in [2.05, 4.69) is 74.6 Å². The first-order chi connectivity index (χ1) is 24.4. The van der Waals surface area contributed by atoms with Crippen molar-refractivity contribution in [1.29, 1.82) is 0 Å². The first-order valence-corrected chi connectivity index (χ1v) is 21.3. The number of hydrogen-bond donors (Lipinski definition) is 2. The molecular formula is C41H74NO7P. The van der Waals surface area contributed by atoms with Crippen LogP contribution in [-0.4, -0.2) is 49.9 Å². The molecule has 290 valence electrons. The molecular weight excluding hydrogens is 649 g/mol. The van der Waals surface area contributed by atoms with Gasteiger partial charge in [-0.25, -0.2) is 4.57 Å². The highest BCUT2D eigenvalue weighted by atomic mass is 31.2. The average molecular weight is 724 g/mol. The Bertz CT molecular complexity index is 947. The number of carbonyl (C=O) groups is 1. The predicted molar refractivity (Wildman–Crippen MR) is 210 cm³/mol. The van der Waals surface area contributed by atoms with Crippen LogP contribution in [0.5, 0.6) is 0 Å². The highest BCUT2D eigenvalue weighted by Gasteiger charge is 2.25. The lowest BCUT2D eigenvalue weighted by molar-refractivity contribution is -0.154. The first kappa shape index (κ1) is 48.2. The molecule has 0 saturated heterocycles. The maximum atomic E-state index is 12.5. The van der Waals surface area contributed by atoms with Gasteiger partial charge in [-0.15, -0.1) is 0 Å². The minimum atomic E-state index is -4.28. The van der Waals surface area contributed by atoms with Crippen molar-refractivity contribution in [2.75, 3.05) is 33.0 Å². The van der Waals surface area contributed by atoms with E-state index in [1.165, 1.54) is 64.2 Å². The molecule has 3 N–H and O–H groups in total. The van der Waals surface area contributed by atoms with Crippen LogP contribution in [0, 0.1) is 0 Å². The number of esters is 1. The molecule has 0 fully saturated rings. The summed E-state index contributed by atoms with van der Waals surface area (Å²) >= 11 is 0. The number of carbonyl (C=O) groups excluding carboxylic acids is 1. The molecule has 0 spiro atoms. The van der Waals surface area contributed by atoms with Gasteiger partial charge in [-0.2, -0.15) is 0 Å². The first-order valence-electron chi connectivity index (χ1n) is 19.8. The molecule has 0 aliphatic rings. The lowest BCUT2D eigenvalue weighted by atomic mass is 10.0. The summed E-state index contributed by atoms with van der Waals surface area (Å²) in [6, 6.07) is 0. The second-order valence-electron chi connectivity index (χ2n) is 12.8. The summed E-state index contributed by atoms with van der Waals surface area (Å²) in [6.07, 6.45) is 45.2. The minimum Gasteiger partial charge on any atom is -0.457 e. The van der Waals surface area contributed by atoms with Crippen LogP contribution >= 0.6 is 7.82 Å². The lowest BCUT2D eigenvalue weighted by Crippen LogP contribution is -2.28. The number of hydrogen-bond acceptors (Lipinski definition) is 7. The molecule has 2 atom stereocenters. The molecule has 0 aliphatic heterocycles. The van der Waals surface area contributed by atoms with Crippen LogP contribution < -0.4 is 5.73 Å². The summed E-state index contributed by atoms with van der Waals surface area (Å²) in [5, 5.41) is 0. The van der Waals surface area contributed by atoms with Crippen molar-refractivity contribution in [3.63, 3.8) is 0 Å². The molecule has 2 unspecified atom stereocenters. The monoisotopic (exact) mass is 724 g/mol. The van der Waals surface area contributed by atoms with Crippen LogP contribution in [0.25, 0.3) is 0 Å². The van der Waals surface area contributed by atoms with Gasteiger partial charge in [0.05, 0.1) is 19.8 Å². The Morgan fingerprint density at radius 3 is 1.64 bits per heavy atom. The van der Waals surface area contributed by atoms with E-state index in [1.807, 2.05) is 0 Å². The van der Waals surface area contributed by atoms with Gasteiger partial charge in [0.15, 0.2) is 0 Å². The molecule has 0 heterocycles. The van der Waals surface area contributed by atoms with Crippen molar-refractivity contribution < 1.29 is 32.8 Å². The third-order valence-corrected chi connectivity index (χ3v) is 8.93. The molecule has 0 aliphatic carbocycles. The second kappa shape index (κ2) is 38.4. The topological polar surface area (TPSA) is 117 Å². The number of phosphoric acid groups is 1. The highest BCUT2D eigenvalue weighted by Crippen LogP contribution is 2.43. The van der Waals surface area contributed by atoms with Gasteiger partial charge in [0.2, 0.25) is 0 Å². The fourth-order valence-electron chi connectivity index (χ4n) is 5.08. The quantitative estimate of drug-likeness (QED) is 0.0281. The number of phosphoric ester groups is 1. The van der Waals surface area contributed by atoms with E-state index in [4.69, 9.17) is 24.3 Å². The summed E-state index contributed by atoms with van der Waals surface area (Å²) in [4.78, 5) is 22.4. The Labute approximate surface area is 306 Å². The van der Waals surface area contributed by atoms with E-state index in [1.54, 1.807) is 0 Å². The zero-order valence-electron chi connectivity index (χ0n) is 31.9. The number of nitrogens with two attached hydrogens (primary N) is 1. The predicted octanol–water partition coefficient (Wildman–Crippen LogP) is 11.4. The number of rotatable bonds is 37. The van der Waals surface area contributed by atoms with E-state index in [0.717, 1.165) is 70.6 Å². The fourth-order valence-corrected chi connectivity index (χ4v) is 5.85. The van der Waals surface area contributed by atoms with Gasteiger partial charge < -0.3 is 20.1 Å². The van der Waals surface area contributed by atoms with Crippen molar-refractivity contribution in [2.45, 2.75) is 161 Å². The Balaban J connectivity index is 4.17. The van der Waals surface area contributed by atoms with E-state index < -0.39 is 13.9 Å². The normalized spacial score (nSPS) is 14.2. The second-order valence-corrected chi connectivity index (χ2v) is 14.2. The summed E-state index contributed by atoms with van der Waals surface area (Å²) in [5.74, 6) is -0.348. The molecule has 0 radical (unpaired) electrons. The van der Waals surface area contributed by atoms with Crippen LogP contribution in [0.4, 0.5) is 0 Å². The maximum Gasteiger partial charge on any atom is 0.472 e. The third-order valence-electron chi connectivity index (χ3n) is 7.95. The van der Waals surface area contributed by atoms with Crippen LogP contribution in [0.3, 0.4) is 0 Å². The Hall–Kier alpha value is -1.80. The van der Waals surface area contributed by atoms with Gasteiger partial charge in [0, 0.05) is 19.6 Å². The zero-order chi connectivity index (χ0) is 36.6. The van der Waals surface area contributed by atoms with Gasteiger partial charge in [-0.05, 0) is 57.8 Å². The molecule has 0 saturated carbocycles. The molecule has 8 nitrogen and oxygen atoms in total. The Kier molecular flexibility index (Phi) is 37.0. The standard InChI is InChI=1S/C41H74NO7P/c1-3-5-7-9-11-13-15-17-18-19-20-21-23-25-27-29-31-33-36-46-38-40(39-48-50(44,45)47-37-35-42)49-41(43)34-32-30-28-26-24-22-16-14-12-10-8-6-4-2/h5,7,11,13,17-18,20-21,25,27,40H,3-4,6,8-10,12,14-16,19,22-24,26,28-39,42H2,1-2H3,(H,44,45)/b7-5-,13-11-,18-17-,21-20-,27-25-. The molecule has 50 heavy (non-hydrogen) atoms. The SMILES string of the molecule is CC/C=C\C/C=C\C/C=C\C/C=C\C/C=C\CCCCOCC(COP(=O)(O)OCCN)OC(=O)CCCCCCCCCCCCCCC. The van der Waals surface area contributed by atoms with Crippen molar-refractivity contribution in [1.82, 2.24) is 0 Å². The van der Waals surface area contributed by atoms with E-state index >= 15 is 0 Å². The van der Waals surface area contributed by atoms with Crippen molar-refractivity contribution in [3.8, 4) is 0 Å². The molecule has 9 heteroatoms. The van der Waals surface area contributed by atoms with Crippen molar-refractivity contribution in [3.05, 3.63) is 60.8 Å². The third kappa shape index (κ3) is 37.5. The van der Waals surface area contributed by atoms with Gasteiger partial charge in [-0.1, -0.05) is 152 Å². The highest BCUT2D eigenvalue weighted by molar-refractivity contribution is 7.47. The Morgan fingerprint density at radius 1 is 0.620 bits per heavy atom. The van der Waals surface area contributed by atoms with Crippen molar-refractivity contribution >= 4 is 13.8 Å². The summed E-state index contributed by atoms with van der Waals surface area (Å²) in [6.45, 7) is 4.68. The molecule has 0 aromatic heterocycles.